The van der Waals surface area contributed by atoms with E-state index in [-0.39, 0.29) is 18.4 Å². The molecular formula is C11H22ClNO. The molecule has 1 aliphatic carbocycles. The van der Waals surface area contributed by atoms with Crippen LogP contribution in [0.15, 0.2) is 0 Å². The van der Waals surface area contributed by atoms with Gasteiger partial charge in [0.05, 0.1) is 6.04 Å². The highest BCUT2D eigenvalue weighted by molar-refractivity contribution is 5.55. The largest absolute Gasteiger partial charge is 1.00 e. The van der Waals surface area contributed by atoms with Crippen LogP contribution in [0.4, 0.5) is 0 Å². The molecule has 0 aromatic rings. The van der Waals surface area contributed by atoms with Crippen molar-refractivity contribution in [3.63, 3.8) is 0 Å². The van der Waals surface area contributed by atoms with Crippen molar-refractivity contribution in [1.82, 2.24) is 0 Å². The first-order valence-corrected chi connectivity index (χ1v) is 5.58. The van der Waals surface area contributed by atoms with E-state index in [1.807, 2.05) is 0 Å². The summed E-state index contributed by atoms with van der Waals surface area (Å²) in [7, 11) is 0. The summed E-state index contributed by atoms with van der Waals surface area (Å²) in [5.41, 5.74) is 0. The van der Waals surface area contributed by atoms with Gasteiger partial charge in [0.2, 0.25) is 0 Å². The highest BCUT2D eigenvalue weighted by atomic mass is 35.5. The number of rotatable bonds is 5. The van der Waals surface area contributed by atoms with Crippen LogP contribution in [0.2, 0.25) is 0 Å². The number of carbonyl (C=O) groups is 1. The number of aldehydes is 1. The molecule has 0 aliphatic heterocycles. The van der Waals surface area contributed by atoms with E-state index < -0.39 is 0 Å². The van der Waals surface area contributed by atoms with Gasteiger partial charge in [-0.1, -0.05) is 13.8 Å². The lowest BCUT2D eigenvalue weighted by Crippen LogP contribution is -3.00. The van der Waals surface area contributed by atoms with Gasteiger partial charge in [-0.3, -0.25) is 4.79 Å². The van der Waals surface area contributed by atoms with Gasteiger partial charge in [0.1, 0.15) is 6.04 Å². The van der Waals surface area contributed by atoms with E-state index >= 15 is 0 Å². The Morgan fingerprint density at radius 3 is 2.43 bits per heavy atom. The van der Waals surface area contributed by atoms with Gasteiger partial charge in [-0.15, -0.1) is 0 Å². The first-order valence-electron chi connectivity index (χ1n) is 5.58. The first-order chi connectivity index (χ1) is 6.27. The Morgan fingerprint density at radius 2 is 2.00 bits per heavy atom. The number of hydrogen-bond acceptors (Lipinski definition) is 1. The molecule has 84 valence electrons. The van der Waals surface area contributed by atoms with E-state index in [0.717, 1.165) is 18.7 Å². The third kappa shape index (κ3) is 3.97. The van der Waals surface area contributed by atoms with Crippen molar-refractivity contribution in [3.05, 3.63) is 0 Å². The van der Waals surface area contributed by atoms with Gasteiger partial charge in [0.25, 0.3) is 0 Å². The lowest BCUT2D eigenvalue weighted by atomic mass is 9.99. The Balaban J connectivity index is 0.00000169. The summed E-state index contributed by atoms with van der Waals surface area (Å²) in [5.74, 6) is 0.526. The molecular weight excluding hydrogens is 198 g/mol. The molecule has 2 unspecified atom stereocenters. The summed E-state index contributed by atoms with van der Waals surface area (Å²) in [6.07, 6.45) is 7.56. The zero-order chi connectivity index (χ0) is 9.68. The smallest absolute Gasteiger partial charge is 0.177 e. The van der Waals surface area contributed by atoms with E-state index in [1.165, 1.54) is 25.7 Å². The topological polar surface area (TPSA) is 33.7 Å². The molecule has 0 aromatic carbocycles. The molecule has 0 bridgehead atoms. The SMILES string of the molecule is CCC(C)C(C=O)[NH2+]C1CCCC1.[Cl-]. The Morgan fingerprint density at radius 1 is 1.43 bits per heavy atom. The Kier molecular flexibility index (Phi) is 7.20. The second kappa shape index (κ2) is 7.24. The van der Waals surface area contributed by atoms with E-state index in [2.05, 4.69) is 19.2 Å². The molecule has 0 spiro atoms. The standard InChI is InChI=1S/C11H21NO.ClH/c1-3-9(2)11(8-13)12-10-6-4-5-7-10;/h8-12H,3-7H2,1-2H3;1H. The van der Waals surface area contributed by atoms with Gasteiger partial charge in [-0.25, -0.2) is 0 Å². The molecule has 0 aromatic heterocycles. The molecule has 14 heavy (non-hydrogen) atoms. The Hall–Kier alpha value is -0.0800. The van der Waals surface area contributed by atoms with Crippen LogP contribution in [-0.2, 0) is 4.79 Å². The molecule has 0 amide bonds. The zero-order valence-electron chi connectivity index (χ0n) is 9.21. The highest BCUT2D eigenvalue weighted by Crippen LogP contribution is 2.15. The minimum Gasteiger partial charge on any atom is -1.00 e. The average molecular weight is 220 g/mol. The molecule has 1 saturated carbocycles. The van der Waals surface area contributed by atoms with Crippen molar-refractivity contribution in [2.45, 2.75) is 58.0 Å². The van der Waals surface area contributed by atoms with Crippen LogP contribution in [0.1, 0.15) is 46.0 Å². The summed E-state index contributed by atoms with van der Waals surface area (Å²) in [5, 5.41) is 2.30. The fourth-order valence-electron chi connectivity index (χ4n) is 2.11. The number of quaternary nitrogens is 1. The van der Waals surface area contributed by atoms with Gasteiger partial charge in [0, 0.05) is 5.92 Å². The van der Waals surface area contributed by atoms with E-state index in [4.69, 9.17) is 0 Å². The molecule has 2 nitrogen and oxygen atoms in total. The van der Waals surface area contributed by atoms with Crippen LogP contribution in [0.25, 0.3) is 0 Å². The number of hydrogen-bond donors (Lipinski definition) is 1. The average Bonchev–Trinajstić information content (AvgIpc) is 2.65. The second-order valence-corrected chi connectivity index (χ2v) is 4.34. The van der Waals surface area contributed by atoms with E-state index in [9.17, 15) is 4.79 Å². The van der Waals surface area contributed by atoms with Crippen molar-refractivity contribution in [1.29, 1.82) is 0 Å². The van der Waals surface area contributed by atoms with Gasteiger partial charge in [-0.2, -0.15) is 0 Å². The summed E-state index contributed by atoms with van der Waals surface area (Å²) >= 11 is 0. The molecule has 1 aliphatic rings. The maximum Gasteiger partial charge on any atom is 0.177 e. The second-order valence-electron chi connectivity index (χ2n) is 4.34. The highest BCUT2D eigenvalue weighted by Gasteiger charge is 2.25. The van der Waals surface area contributed by atoms with Crippen LogP contribution in [-0.4, -0.2) is 18.4 Å². The third-order valence-electron chi connectivity index (χ3n) is 3.35. The van der Waals surface area contributed by atoms with E-state index in [0.29, 0.717) is 5.92 Å². The van der Waals surface area contributed by atoms with Crippen LogP contribution >= 0.6 is 0 Å². The van der Waals surface area contributed by atoms with Gasteiger partial charge in [-0.05, 0) is 32.1 Å². The van der Waals surface area contributed by atoms with Crippen LogP contribution in [0.5, 0.6) is 0 Å². The Bertz CT molecular complexity index is 157. The monoisotopic (exact) mass is 219 g/mol. The quantitative estimate of drug-likeness (QED) is 0.540. The fourth-order valence-corrected chi connectivity index (χ4v) is 2.11. The van der Waals surface area contributed by atoms with Crippen LogP contribution in [0, 0.1) is 5.92 Å². The van der Waals surface area contributed by atoms with Gasteiger partial charge >= 0.3 is 0 Å². The number of carbonyl (C=O) groups excluding carboxylic acids is 1. The predicted molar refractivity (Wildman–Crippen MR) is 53.5 cm³/mol. The van der Waals surface area contributed by atoms with Crippen molar-refractivity contribution in [2.24, 2.45) is 5.92 Å². The van der Waals surface area contributed by atoms with Crippen LogP contribution in [0.3, 0.4) is 0 Å². The molecule has 3 heteroatoms. The fraction of sp³-hybridized carbons (Fsp3) is 0.909. The van der Waals surface area contributed by atoms with Crippen molar-refractivity contribution in [2.75, 3.05) is 0 Å². The van der Waals surface area contributed by atoms with Crippen molar-refractivity contribution in [3.8, 4) is 0 Å². The minimum absolute atomic E-state index is 0. The summed E-state index contributed by atoms with van der Waals surface area (Å²) in [4.78, 5) is 10.9. The lowest BCUT2D eigenvalue weighted by Gasteiger charge is -2.19. The Labute approximate surface area is 93.2 Å². The minimum atomic E-state index is 0. The summed E-state index contributed by atoms with van der Waals surface area (Å²) < 4.78 is 0. The summed E-state index contributed by atoms with van der Waals surface area (Å²) in [6.45, 7) is 4.33. The van der Waals surface area contributed by atoms with Crippen LogP contribution < -0.4 is 17.7 Å². The van der Waals surface area contributed by atoms with Crippen molar-refractivity contribution >= 4 is 6.29 Å². The summed E-state index contributed by atoms with van der Waals surface area (Å²) in [6, 6.07) is 0.928. The molecule has 1 fully saturated rings. The molecule has 0 heterocycles. The van der Waals surface area contributed by atoms with Gasteiger partial charge in [0.15, 0.2) is 6.29 Å². The van der Waals surface area contributed by atoms with Gasteiger partial charge < -0.3 is 17.7 Å². The molecule has 1 rings (SSSR count). The number of halogens is 1. The predicted octanol–water partition coefficient (Wildman–Crippen LogP) is -1.89. The number of nitrogens with two attached hydrogens (primary N) is 1. The molecule has 2 atom stereocenters. The maximum absolute atomic E-state index is 10.9. The first kappa shape index (κ1) is 13.9. The maximum atomic E-state index is 10.9. The zero-order valence-corrected chi connectivity index (χ0v) is 9.96. The van der Waals surface area contributed by atoms with Crippen molar-refractivity contribution < 1.29 is 22.5 Å². The molecule has 2 N–H and O–H groups in total. The van der Waals surface area contributed by atoms with E-state index in [1.54, 1.807) is 0 Å². The lowest BCUT2D eigenvalue weighted by molar-refractivity contribution is -0.712. The molecule has 0 radical (unpaired) electrons. The molecule has 0 saturated heterocycles. The third-order valence-corrected chi connectivity index (χ3v) is 3.35. The normalized spacial score (nSPS) is 21.3.